The number of carbonyl (C=O) groups is 1. The van der Waals surface area contributed by atoms with Crippen LogP contribution >= 0.6 is 11.8 Å². The normalized spacial score (nSPS) is 16.6. The van der Waals surface area contributed by atoms with Crippen molar-refractivity contribution in [3.05, 3.63) is 35.7 Å². The lowest BCUT2D eigenvalue weighted by Crippen LogP contribution is -2.26. The van der Waals surface area contributed by atoms with Crippen LogP contribution in [0.4, 0.5) is 0 Å². The molecule has 2 heterocycles. The highest BCUT2D eigenvalue weighted by molar-refractivity contribution is 7.99. The summed E-state index contributed by atoms with van der Waals surface area (Å²) in [6.07, 6.45) is 3.22. The highest BCUT2D eigenvalue weighted by Crippen LogP contribution is 2.22. The maximum atomic E-state index is 12.2. The summed E-state index contributed by atoms with van der Waals surface area (Å²) in [5.41, 5.74) is 0.608. The molecule has 0 unspecified atom stereocenters. The fourth-order valence-electron chi connectivity index (χ4n) is 2.76. The van der Waals surface area contributed by atoms with Crippen LogP contribution in [-0.4, -0.2) is 52.8 Å². The zero-order valence-corrected chi connectivity index (χ0v) is 15.9. The van der Waals surface area contributed by atoms with E-state index >= 15 is 0 Å². The summed E-state index contributed by atoms with van der Waals surface area (Å²) < 4.78 is 12.7. The van der Waals surface area contributed by atoms with Gasteiger partial charge < -0.3 is 19.4 Å². The summed E-state index contributed by atoms with van der Waals surface area (Å²) in [5.74, 6) is 2.38. The third-order valence-corrected chi connectivity index (χ3v) is 5.49. The van der Waals surface area contributed by atoms with E-state index in [9.17, 15) is 4.79 Å². The molecule has 1 atom stereocenters. The summed E-state index contributed by atoms with van der Waals surface area (Å²) >= 11 is 1.67. The minimum Gasteiger partial charge on any atom is -0.497 e. The molecule has 26 heavy (non-hydrogen) atoms. The second kappa shape index (κ2) is 9.05. The lowest BCUT2D eigenvalue weighted by molar-refractivity contribution is 0.0954. The molecule has 1 aromatic carbocycles. The zero-order chi connectivity index (χ0) is 18.4. The molecule has 1 aliphatic rings. The van der Waals surface area contributed by atoms with E-state index in [0.717, 1.165) is 41.9 Å². The lowest BCUT2D eigenvalue weighted by Gasteiger charge is -2.09. The summed E-state index contributed by atoms with van der Waals surface area (Å²) in [6.45, 7) is 1.37. The largest absolute Gasteiger partial charge is 0.497 e. The van der Waals surface area contributed by atoms with Gasteiger partial charge in [0.25, 0.3) is 5.91 Å². The maximum Gasteiger partial charge on any atom is 0.251 e. The van der Waals surface area contributed by atoms with Crippen molar-refractivity contribution >= 4 is 17.7 Å². The number of methoxy groups -OCH3 is 1. The summed E-state index contributed by atoms with van der Waals surface area (Å²) in [6, 6.07) is 7.04. The predicted molar refractivity (Wildman–Crippen MR) is 99.7 cm³/mol. The van der Waals surface area contributed by atoms with E-state index in [1.165, 1.54) is 0 Å². The molecule has 1 aliphatic heterocycles. The van der Waals surface area contributed by atoms with E-state index in [1.54, 1.807) is 43.1 Å². The molecule has 140 valence electrons. The molecule has 3 rings (SSSR count). The van der Waals surface area contributed by atoms with Crippen molar-refractivity contribution in [1.82, 2.24) is 20.1 Å². The molecule has 1 fully saturated rings. The van der Waals surface area contributed by atoms with Crippen LogP contribution in [0.1, 0.15) is 29.0 Å². The molecule has 1 saturated heterocycles. The van der Waals surface area contributed by atoms with Crippen molar-refractivity contribution in [2.75, 3.05) is 26.0 Å². The number of benzene rings is 1. The average molecular weight is 376 g/mol. The molecular weight excluding hydrogens is 352 g/mol. The number of carbonyl (C=O) groups excluding carboxylic acids is 1. The smallest absolute Gasteiger partial charge is 0.251 e. The van der Waals surface area contributed by atoms with E-state index in [0.29, 0.717) is 24.6 Å². The van der Waals surface area contributed by atoms with E-state index in [1.807, 2.05) is 11.6 Å². The van der Waals surface area contributed by atoms with E-state index in [-0.39, 0.29) is 5.91 Å². The standard InChI is InChI=1S/C18H24N4O3S/c1-22-16(20-21-18(22)26-12-15-4-3-11-25-15)9-10-19-17(23)13-5-7-14(24-2)8-6-13/h5-8,15H,3-4,9-12H2,1-2H3,(H,19,23)/t15-/m0/s1. The number of ether oxygens (including phenoxy) is 2. The number of thioether (sulfide) groups is 1. The minimum absolute atomic E-state index is 0.109. The van der Waals surface area contributed by atoms with Crippen LogP contribution in [-0.2, 0) is 18.2 Å². The second-order valence-corrected chi connectivity index (χ2v) is 7.13. The Bertz CT molecular complexity index is 727. The molecule has 0 bridgehead atoms. The van der Waals surface area contributed by atoms with Gasteiger partial charge in [-0.1, -0.05) is 11.8 Å². The molecule has 2 aromatic rings. The van der Waals surface area contributed by atoms with E-state index in [4.69, 9.17) is 9.47 Å². The van der Waals surface area contributed by atoms with Gasteiger partial charge in [-0.3, -0.25) is 4.79 Å². The third kappa shape index (κ3) is 4.76. The van der Waals surface area contributed by atoms with Crippen molar-refractivity contribution in [2.45, 2.75) is 30.5 Å². The second-order valence-electron chi connectivity index (χ2n) is 6.14. The predicted octanol–water partition coefficient (Wildman–Crippen LogP) is 2.07. The molecule has 0 radical (unpaired) electrons. The van der Waals surface area contributed by atoms with Gasteiger partial charge in [-0.15, -0.1) is 10.2 Å². The molecule has 0 saturated carbocycles. The Hall–Kier alpha value is -2.06. The number of amides is 1. The monoisotopic (exact) mass is 376 g/mol. The molecule has 1 amide bonds. The Morgan fingerprint density at radius 3 is 2.88 bits per heavy atom. The van der Waals surface area contributed by atoms with E-state index in [2.05, 4.69) is 15.5 Å². The van der Waals surface area contributed by atoms with Crippen LogP contribution in [0.2, 0.25) is 0 Å². The number of nitrogens with zero attached hydrogens (tertiary/aromatic N) is 3. The lowest BCUT2D eigenvalue weighted by atomic mass is 10.2. The fourth-order valence-corrected chi connectivity index (χ4v) is 3.76. The summed E-state index contributed by atoms with van der Waals surface area (Å²) in [5, 5.41) is 12.3. The van der Waals surface area contributed by atoms with Crippen LogP contribution in [0.5, 0.6) is 5.75 Å². The first-order valence-electron chi connectivity index (χ1n) is 8.72. The first kappa shape index (κ1) is 18.7. The van der Waals surface area contributed by atoms with Crippen molar-refractivity contribution in [1.29, 1.82) is 0 Å². The SMILES string of the molecule is COc1ccc(C(=O)NCCc2nnc(SC[C@@H]3CCCO3)n2C)cc1. The molecule has 1 N–H and O–H groups in total. The molecule has 8 heteroatoms. The van der Waals surface area contributed by atoms with E-state index < -0.39 is 0 Å². The highest BCUT2D eigenvalue weighted by atomic mass is 32.2. The summed E-state index contributed by atoms with van der Waals surface area (Å²) in [7, 11) is 3.56. The average Bonchev–Trinajstić information content (AvgIpc) is 3.30. The quantitative estimate of drug-likeness (QED) is 0.711. The van der Waals surface area contributed by atoms with Gasteiger partial charge in [0, 0.05) is 37.9 Å². The third-order valence-electron chi connectivity index (χ3n) is 4.33. The van der Waals surface area contributed by atoms with Gasteiger partial charge in [-0.2, -0.15) is 0 Å². The van der Waals surface area contributed by atoms with Crippen LogP contribution in [0.3, 0.4) is 0 Å². The van der Waals surface area contributed by atoms with Crippen molar-refractivity contribution in [3.8, 4) is 5.75 Å². The Kier molecular flexibility index (Phi) is 6.51. The number of hydrogen-bond acceptors (Lipinski definition) is 6. The zero-order valence-electron chi connectivity index (χ0n) is 15.1. The topological polar surface area (TPSA) is 78.3 Å². The molecule has 0 spiro atoms. The van der Waals surface area contributed by atoms with Gasteiger partial charge in [0.1, 0.15) is 11.6 Å². The molecular formula is C18H24N4O3S. The molecule has 1 aromatic heterocycles. The Labute approximate surface area is 157 Å². The first-order valence-corrected chi connectivity index (χ1v) is 9.71. The first-order chi connectivity index (χ1) is 12.7. The van der Waals surface area contributed by atoms with Gasteiger partial charge in [-0.25, -0.2) is 0 Å². The van der Waals surface area contributed by atoms with Crippen molar-refractivity contribution < 1.29 is 14.3 Å². The Balaban J connectivity index is 1.46. The van der Waals surface area contributed by atoms with Gasteiger partial charge in [0.2, 0.25) is 0 Å². The van der Waals surface area contributed by atoms with Gasteiger partial charge >= 0.3 is 0 Å². The maximum absolute atomic E-state index is 12.2. The van der Waals surface area contributed by atoms with Gasteiger partial charge in [-0.05, 0) is 37.1 Å². The van der Waals surface area contributed by atoms with Gasteiger partial charge in [0.15, 0.2) is 5.16 Å². The van der Waals surface area contributed by atoms with Crippen molar-refractivity contribution in [3.63, 3.8) is 0 Å². The summed E-state index contributed by atoms with van der Waals surface area (Å²) in [4.78, 5) is 12.2. The van der Waals surface area contributed by atoms with Crippen molar-refractivity contribution in [2.24, 2.45) is 7.05 Å². The fraction of sp³-hybridized carbons (Fsp3) is 0.500. The Morgan fingerprint density at radius 2 is 2.19 bits per heavy atom. The highest BCUT2D eigenvalue weighted by Gasteiger charge is 2.18. The molecule has 0 aliphatic carbocycles. The van der Waals surface area contributed by atoms with Crippen LogP contribution < -0.4 is 10.1 Å². The number of rotatable bonds is 8. The number of nitrogens with one attached hydrogen (secondary N) is 1. The number of aromatic nitrogens is 3. The van der Waals surface area contributed by atoms with Crippen LogP contribution in [0.25, 0.3) is 0 Å². The molecule has 7 nitrogen and oxygen atoms in total. The van der Waals surface area contributed by atoms with Gasteiger partial charge in [0.05, 0.1) is 13.2 Å². The minimum atomic E-state index is -0.109. The van der Waals surface area contributed by atoms with Crippen LogP contribution in [0.15, 0.2) is 29.4 Å². The van der Waals surface area contributed by atoms with Crippen LogP contribution in [0, 0.1) is 0 Å². The number of hydrogen-bond donors (Lipinski definition) is 1. The Morgan fingerprint density at radius 1 is 1.38 bits per heavy atom.